The fourth-order valence-electron chi connectivity index (χ4n) is 2.84. The first-order chi connectivity index (χ1) is 11.3. The number of benzene rings is 1. The number of rotatable bonds is 5. The molecule has 1 aromatic heterocycles. The van der Waals surface area contributed by atoms with Gasteiger partial charge in [-0.1, -0.05) is 5.16 Å². The van der Waals surface area contributed by atoms with Crippen molar-refractivity contribution in [2.24, 2.45) is 0 Å². The van der Waals surface area contributed by atoms with E-state index in [-0.39, 0.29) is 0 Å². The van der Waals surface area contributed by atoms with Crippen LogP contribution in [-0.4, -0.2) is 49.3 Å². The molecule has 2 fully saturated rings. The van der Waals surface area contributed by atoms with Crippen LogP contribution in [0.4, 0.5) is 11.4 Å². The highest BCUT2D eigenvalue weighted by atomic mass is 32.2. The molecule has 1 aliphatic carbocycles. The highest BCUT2D eigenvalue weighted by molar-refractivity contribution is 7.99. The van der Waals surface area contributed by atoms with Gasteiger partial charge in [-0.05, 0) is 49.9 Å². The van der Waals surface area contributed by atoms with E-state index >= 15 is 0 Å². The quantitative estimate of drug-likeness (QED) is 0.908. The zero-order valence-corrected chi connectivity index (χ0v) is 14.2. The van der Waals surface area contributed by atoms with Crippen molar-refractivity contribution in [2.75, 3.05) is 43.4 Å². The molecule has 2 heterocycles. The Labute approximate surface area is 141 Å². The minimum Gasteiger partial charge on any atom is -0.381 e. The maximum atomic E-state index is 5.21. The van der Waals surface area contributed by atoms with Crippen molar-refractivity contribution in [2.45, 2.75) is 28.9 Å². The maximum Gasteiger partial charge on any atom is 0.197 e. The summed E-state index contributed by atoms with van der Waals surface area (Å²) in [7, 11) is 2.19. The van der Waals surface area contributed by atoms with E-state index in [0.717, 1.165) is 31.3 Å². The van der Waals surface area contributed by atoms with Crippen LogP contribution in [0.15, 0.2) is 45.0 Å². The molecule has 0 unspecified atom stereocenters. The van der Waals surface area contributed by atoms with Crippen molar-refractivity contribution < 1.29 is 4.52 Å². The number of aromatic nitrogens is 1. The van der Waals surface area contributed by atoms with Gasteiger partial charge in [0.15, 0.2) is 5.09 Å². The lowest BCUT2D eigenvalue weighted by atomic mass is 10.2. The number of hydrogen-bond acceptors (Lipinski definition) is 6. The van der Waals surface area contributed by atoms with Crippen molar-refractivity contribution in [3.8, 4) is 0 Å². The molecule has 5 nitrogen and oxygen atoms in total. The smallest absolute Gasteiger partial charge is 0.197 e. The van der Waals surface area contributed by atoms with Gasteiger partial charge in [0.1, 0.15) is 0 Å². The summed E-state index contributed by atoms with van der Waals surface area (Å²) in [6.45, 7) is 4.42. The fraction of sp³-hybridized carbons (Fsp3) is 0.471. The van der Waals surface area contributed by atoms with Crippen molar-refractivity contribution in [3.63, 3.8) is 0 Å². The topological polar surface area (TPSA) is 44.5 Å². The number of nitrogens with one attached hydrogen (secondary N) is 1. The summed E-state index contributed by atoms with van der Waals surface area (Å²) in [6, 6.07) is 9.21. The minimum atomic E-state index is 0.645. The Kier molecular flexibility index (Phi) is 4.18. The van der Waals surface area contributed by atoms with Gasteiger partial charge in [-0.25, -0.2) is 0 Å². The SMILES string of the molecule is CN1CCN(c2ccc(Sc3ccno3)cc2NC2CC2)CC1. The van der Waals surface area contributed by atoms with Crippen LogP contribution >= 0.6 is 11.8 Å². The van der Waals surface area contributed by atoms with Gasteiger partial charge in [0.05, 0.1) is 17.6 Å². The Balaban J connectivity index is 1.57. The third kappa shape index (κ3) is 3.64. The van der Waals surface area contributed by atoms with E-state index < -0.39 is 0 Å². The Morgan fingerprint density at radius 3 is 2.70 bits per heavy atom. The van der Waals surface area contributed by atoms with Gasteiger partial charge in [0.25, 0.3) is 0 Å². The molecular formula is C17H22N4OS. The molecule has 2 aliphatic rings. The summed E-state index contributed by atoms with van der Waals surface area (Å²) in [5.74, 6) is 0. The van der Waals surface area contributed by atoms with E-state index in [1.807, 2.05) is 6.07 Å². The van der Waals surface area contributed by atoms with Crippen molar-refractivity contribution in [1.29, 1.82) is 0 Å². The monoisotopic (exact) mass is 330 g/mol. The standard InChI is InChI=1S/C17H22N4OS/c1-20-8-10-21(11-9-20)16-5-4-14(23-17-6-7-18-22-17)12-15(16)19-13-2-3-13/h4-7,12-13,19H,2-3,8-11H2,1H3. The Hall–Kier alpha value is -1.66. The third-order valence-corrected chi connectivity index (χ3v) is 5.28. The second-order valence-electron chi connectivity index (χ2n) is 6.32. The maximum absolute atomic E-state index is 5.21. The lowest BCUT2D eigenvalue weighted by molar-refractivity contribution is 0.313. The molecule has 6 heteroatoms. The van der Waals surface area contributed by atoms with Gasteiger partial charge in [-0.15, -0.1) is 0 Å². The van der Waals surface area contributed by atoms with E-state index in [0.29, 0.717) is 6.04 Å². The molecule has 2 aromatic rings. The normalized spacial score (nSPS) is 19.1. The van der Waals surface area contributed by atoms with E-state index in [2.05, 4.69) is 45.5 Å². The lowest BCUT2D eigenvalue weighted by Gasteiger charge is -2.35. The van der Waals surface area contributed by atoms with Crippen LogP contribution in [0.25, 0.3) is 0 Å². The first kappa shape index (κ1) is 14.9. The average molecular weight is 330 g/mol. The molecule has 1 saturated carbocycles. The highest BCUT2D eigenvalue weighted by Gasteiger charge is 2.24. The molecule has 4 rings (SSSR count). The average Bonchev–Trinajstić information content (AvgIpc) is 3.22. The molecule has 1 saturated heterocycles. The number of anilines is 2. The number of hydrogen-bond donors (Lipinski definition) is 1. The molecule has 1 N–H and O–H groups in total. The van der Waals surface area contributed by atoms with Gasteiger partial charge in [-0.3, -0.25) is 0 Å². The summed E-state index contributed by atoms with van der Waals surface area (Å²) in [5, 5.41) is 8.30. The van der Waals surface area contributed by atoms with E-state index in [9.17, 15) is 0 Å². The van der Waals surface area contributed by atoms with Gasteiger partial charge >= 0.3 is 0 Å². The van der Waals surface area contributed by atoms with Crippen LogP contribution in [0.5, 0.6) is 0 Å². The predicted octanol–water partition coefficient (Wildman–Crippen LogP) is 3.15. The Bertz CT molecular complexity index is 649. The Morgan fingerprint density at radius 1 is 1.17 bits per heavy atom. The zero-order chi connectivity index (χ0) is 15.6. The minimum absolute atomic E-state index is 0.645. The van der Waals surface area contributed by atoms with E-state index in [1.54, 1.807) is 18.0 Å². The van der Waals surface area contributed by atoms with Crippen molar-refractivity contribution in [3.05, 3.63) is 30.5 Å². The molecule has 1 aromatic carbocycles. The molecule has 0 bridgehead atoms. The van der Waals surface area contributed by atoms with Crippen LogP contribution in [0.3, 0.4) is 0 Å². The molecule has 0 spiro atoms. The van der Waals surface area contributed by atoms with Crippen LogP contribution < -0.4 is 10.2 Å². The third-order valence-electron chi connectivity index (χ3n) is 4.38. The molecule has 0 atom stereocenters. The van der Waals surface area contributed by atoms with Crippen LogP contribution in [0.1, 0.15) is 12.8 Å². The van der Waals surface area contributed by atoms with Gasteiger partial charge in [0, 0.05) is 43.2 Å². The summed E-state index contributed by atoms with van der Waals surface area (Å²) in [5.41, 5.74) is 2.58. The lowest BCUT2D eigenvalue weighted by Crippen LogP contribution is -2.44. The first-order valence-electron chi connectivity index (χ1n) is 8.20. The zero-order valence-electron chi connectivity index (χ0n) is 13.4. The van der Waals surface area contributed by atoms with Gasteiger partial charge < -0.3 is 19.6 Å². The summed E-state index contributed by atoms with van der Waals surface area (Å²) >= 11 is 1.62. The largest absolute Gasteiger partial charge is 0.381 e. The van der Waals surface area contributed by atoms with Crippen LogP contribution in [-0.2, 0) is 0 Å². The van der Waals surface area contributed by atoms with Crippen molar-refractivity contribution in [1.82, 2.24) is 10.1 Å². The van der Waals surface area contributed by atoms with Crippen LogP contribution in [0, 0.1) is 0 Å². The van der Waals surface area contributed by atoms with Gasteiger partial charge in [0.2, 0.25) is 0 Å². The summed E-state index contributed by atoms with van der Waals surface area (Å²) < 4.78 is 5.21. The first-order valence-corrected chi connectivity index (χ1v) is 9.02. The second-order valence-corrected chi connectivity index (χ2v) is 7.40. The van der Waals surface area contributed by atoms with Crippen molar-refractivity contribution >= 4 is 23.1 Å². The Morgan fingerprint density at radius 2 is 2.00 bits per heavy atom. The summed E-state index contributed by atoms with van der Waals surface area (Å²) in [6.07, 6.45) is 4.24. The molecule has 122 valence electrons. The van der Waals surface area contributed by atoms with E-state index in [4.69, 9.17) is 4.52 Å². The summed E-state index contributed by atoms with van der Waals surface area (Å²) in [4.78, 5) is 6.06. The second kappa shape index (κ2) is 6.45. The number of nitrogens with zero attached hydrogens (tertiary/aromatic N) is 3. The number of likely N-dealkylation sites (N-methyl/N-ethyl adjacent to an activating group) is 1. The van der Waals surface area contributed by atoms with Gasteiger partial charge in [-0.2, -0.15) is 0 Å². The van der Waals surface area contributed by atoms with Crippen LogP contribution in [0.2, 0.25) is 0 Å². The highest BCUT2D eigenvalue weighted by Crippen LogP contribution is 2.37. The molecule has 23 heavy (non-hydrogen) atoms. The van der Waals surface area contributed by atoms with E-state index in [1.165, 1.54) is 29.1 Å². The molecule has 0 radical (unpaired) electrons. The molecule has 1 aliphatic heterocycles. The fourth-order valence-corrected chi connectivity index (χ4v) is 3.59. The predicted molar refractivity (Wildman–Crippen MR) is 93.4 cm³/mol. The molecular weight excluding hydrogens is 308 g/mol. The molecule has 0 amide bonds. The number of piperazine rings is 1.